The summed E-state index contributed by atoms with van der Waals surface area (Å²) in [5.41, 5.74) is -1.14. The molecule has 0 amide bonds. The Hall–Kier alpha value is -1.39. The highest BCUT2D eigenvalue weighted by Crippen LogP contribution is 2.09. The van der Waals surface area contributed by atoms with E-state index in [1.807, 2.05) is 6.07 Å². The standard InChI is InChI=1S/C10H14N2O4/c11-3-8-1-2-9(16-8)4-12-10(5-13,6-14)7-15/h1-2,12-15H,4-7H2. The first kappa shape index (κ1) is 12.7. The number of aliphatic hydroxyl groups is 3. The number of hydrogen-bond donors (Lipinski definition) is 4. The maximum atomic E-state index is 9.04. The number of nitriles is 1. The molecule has 16 heavy (non-hydrogen) atoms. The molecule has 1 rings (SSSR count). The van der Waals surface area contributed by atoms with Crippen LogP contribution in [-0.4, -0.2) is 40.7 Å². The fourth-order valence-corrected chi connectivity index (χ4v) is 1.13. The molecule has 0 unspecified atom stereocenters. The van der Waals surface area contributed by atoms with Crippen LogP contribution in [0.1, 0.15) is 11.5 Å². The van der Waals surface area contributed by atoms with Gasteiger partial charge in [0.2, 0.25) is 5.76 Å². The molecule has 0 aliphatic carbocycles. The molecule has 0 bridgehead atoms. The smallest absolute Gasteiger partial charge is 0.203 e. The van der Waals surface area contributed by atoms with E-state index < -0.39 is 25.4 Å². The molecule has 0 saturated carbocycles. The minimum Gasteiger partial charge on any atom is -0.449 e. The fourth-order valence-electron chi connectivity index (χ4n) is 1.13. The van der Waals surface area contributed by atoms with Crippen molar-refractivity contribution in [2.24, 2.45) is 0 Å². The van der Waals surface area contributed by atoms with Crippen molar-refractivity contribution in [1.29, 1.82) is 5.26 Å². The average molecular weight is 226 g/mol. The van der Waals surface area contributed by atoms with Gasteiger partial charge in [-0.05, 0) is 12.1 Å². The number of rotatable bonds is 6. The summed E-state index contributed by atoms with van der Waals surface area (Å²) in [6.07, 6.45) is 0. The van der Waals surface area contributed by atoms with Gasteiger partial charge >= 0.3 is 0 Å². The van der Waals surface area contributed by atoms with Crippen molar-refractivity contribution in [3.8, 4) is 6.07 Å². The van der Waals surface area contributed by atoms with Gasteiger partial charge in [0.25, 0.3) is 0 Å². The van der Waals surface area contributed by atoms with Crippen LogP contribution in [0.5, 0.6) is 0 Å². The minimum atomic E-state index is -1.14. The van der Waals surface area contributed by atoms with Crippen LogP contribution in [0, 0.1) is 11.3 Å². The van der Waals surface area contributed by atoms with Crippen molar-refractivity contribution in [3.63, 3.8) is 0 Å². The van der Waals surface area contributed by atoms with Gasteiger partial charge in [0, 0.05) is 0 Å². The Labute approximate surface area is 92.7 Å². The second kappa shape index (κ2) is 5.63. The van der Waals surface area contributed by atoms with Crippen LogP contribution in [0.25, 0.3) is 0 Å². The van der Waals surface area contributed by atoms with Crippen molar-refractivity contribution in [2.75, 3.05) is 19.8 Å². The van der Waals surface area contributed by atoms with E-state index in [-0.39, 0.29) is 12.3 Å². The van der Waals surface area contributed by atoms with Gasteiger partial charge in [0.05, 0.1) is 31.9 Å². The van der Waals surface area contributed by atoms with Crippen LogP contribution < -0.4 is 5.32 Å². The monoisotopic (exact) mass is 226 g/mol. The number of furan rings is 1. The predicted molar refractivity (Wildman–Crippen MR) is 54.3 cm³/mol. The summed E-state index contributed by atoms with van der Waals surface area (Å²) in [7, 11) is 0. The Kier molecular flexibility index (Phi) is 4.46. The van der Waals surface area contributed by atoms with Crippen molar-refractivity contribution < 1.29 is 19.7 Å². The average Bonchev–Trinajstić information content (AvgIpc) is 2.80. The van der Waals surface area contributed by atoms with Gasteiger partial charge in [-0.1, -0.05) is 0 Å². The molecule has 6 nitrogen and oxygen atoms in total. The predicted octanol–water partition coefficient (Wildman–Crippen LogP) is -1.04. The molecule has 1 heterocycles. The van der Waals surface area contributed by atoms with Crippen LogP contribution in [0.3, 0.4) is 0 Å². The highest BCUT2D eigenvalue weighted by atomic mass is 16.3. The molecule has 0 aliphatic rings. The van der Waals surface area contributed by atoms with Crippen LogP contribution >= 0.6 is 0 Å². The van der Waals surface area contributed by atoms with Crippen LogP contribution in [0.4, 0.5) is 0 Å². The number of hydrogen-bond acceptors (Lipinski definition) is 6. The quantitative estimate of drug-likeness (QED) is 0.493. The number of nitrogens with one attached hydrogen (secondary N) is 1. The summed E-state index contributed by atoms with van der Waals surface area (Å²) in [6, 6.07) is 4.98. The minimum absolute atomic E-state index is 0.194. The molecule has 1 aromatic heterocycles. The van der Waals surface area contributed by atoms with E-state index in [0.717, 1.165) is 0 Å². The van der Waals surface area contributed by atoms with Crippen LogP contribution in [0.2, 0.25) is 0 Å². The van der Waals surface area contributed by atoms with Crippen molar-refractivity contribution in [1.82, 2.24) is 5.32 Å². The zero-order valence-electron chi connectivity index (χ0n) is 8.68. The number of aliphatic hydroxyl groups excluding tert-OH is 3. The zero-order chi connectivity index (χ0) is 12.0. The second-order valence-electron chi connectivity index (χ2n) is 3.49. The first-order valence-corrected chi connectivity index (χ1v) is 4.76. The third-order valence-corrected chi connectivity index (χ3v) is 2.32. The first-order valence-electron chi connectivity index (χ1n) is 4.76. The maximum Gasteiger partial charge on any atom is 0.203 e. The summed E-state index contributed by atoms with van der Waals surface area (Å²) >= 11 is 0. The Morgan fingerprint density at radius 3 is 2.31 bits per heavy atom. The van der Waals surface area contributed by atoms with Gasteiger partial charge < -0.3 is 19.7 Å². The van der Waals surface area contributed by atoms with E-state index in [1.54, 1.807) is 6.07 Å². The van der Waals surface area contributed by atoms with Gasteiger partial charge in [-0.15, -0.1) is 0 Å². The molecular weight excluding hydrogens is 212 g/mol. The van der Waals surface area contributed by atoms with E-state index in [4.69, 9.17) is 25.0 Å². The molecule has 0 atom stereocenters. The van der Waals surface area contributed by atoms with Gasteiger partial charge in [0.1, 0.15) is 11.8 Å². The molecule has 88 valence electrons. The SMILES string of the molecule is N#Cc1ccc(CNC(CO)(CO)CO)o1. The normalized spacial score (nSPS) is 11.4. The second-order valence-corrected chi connectivity index (χ2v) is 3.49. The Morgan fingerprint density at radius 2 is 1.88 bits per heavy atom. The fraction of sp³-hybridized carbons (Fsp3) is 0.500. The highest BCUT2D eigenvalue weighted by Gasteiger charge is 2.27. The van der Waals surface area contributed by atoms with Crippen molar-refractivity contribution >= 4 is 0 Å². The summed E-state index contributed by atoms with van der Waals surface area (Å²) in [4.78, 5) is 0. The molecule has 0 aromatic carbocycles. The lowest BCUT2D eigenvalue weighted by molar-refractivity contribution is 0.0402. The summed E-state index contributed by atoms with van der Waals surface area (Å²) in [5, 5.41) is 38.4. The lowest BCUT2D eigenvalue weighted by atomic mass is 10.0. The number of nitrogens with zero attached hydrogens (tertiary/aromatic N) is 1. The van der Waals surface area contributed by atoms with Gasteiger partial charge in [-0.25, -0.2) is 0 Å². The molecule has 4 N–H and O–H groups in total. The van der Waals surface area contributed by atoms with Crippen molar-refractivity contribution in [3.05, 3.63) is 23.7 Å². The Balaban J connectivity index is 2.59. The Morgan fingerprint density at radius 1 is 1.25 bits per heavy atom. The summed E-state index contributed by atoms with van der Waals surface area (Å²) in [5.74, 6) is 0.690. The van der Waals surface area contributed by atoms with E-state index in [1.165, 1.54) is 6.07 Å². The van der Waals surface area contributed by atoms with Gasteiger partial charge in [-0.2, -0.15) is 5.26 Å². The Bertz CT molecular complexity index is 357. The molecule has 0 spiro atoms. The van der Waals surface area contributed by atoms with Gasteiger partial charge in [0.15, 0.2) is 0 Å². The maximum absolute atomic E-state index is 9.04. The van der Waals surface area contributed by atoms with E-state index in [0.29, 0.717) is 5.76 Å². The lowest BCUT2D eigenvalue weighted by Crippen LogP contribution is -2.54. The molecule has 0 fully saturated rings. The topological polar surface area (TPSA) is 110 Å². The van der Waals surface area contributed by atoms with Crippen molar-refractivity contribution in [2.45, 2.75) is 12.1 Å². The molecule has 0 radical (unpaired) electrons. The summed E-state index contributed by atoms with van der Waals surface area (Å²) in [6.45, 7) is -0.979. The third kappa shape index (κ3) is 2.81. The lowest BCUT2D eigenvalue weighted by Gasteiger charge is -2.28. The molecular formula is C10H14N2O4. The largest absolute Gasteiger partial charge is 0.449 e. The molecule has 0 saturated heterocycles. The third-order valence-electron chi connectivity index (χ3n) is 2.32. The van der Waals surface area contributed by atoms with Crippen LogP contribution in [0.15, 0.2) is 16.5 Å². The van der Waals surface area contributed by atoms with E-state index in [2.05, 4.69) is 5.32 Å². The highest BCUT2D eigenvalue weighted by molar-refractivity contribution is 5.19. The first-order chi connectivity index (χ1) is 7.69. The van der Waals surface area contributed by atoms with E-state index >= 15 is 0 Å². The molecule has 1 aromatic rings. The van der Waals surface area contributed by atoms with E-state index in [9.17, 15) is 0 Å². The van der Waals surface area contributed by atoms with Crippen LogP contribution in [-0.2, 0) is 6.54 Å². The molecule has 0 aliphatic heterocycles. The summed E-state index contributed by atoms with van der Waals surface area (Å²) < 4.78 is 5.09. The molecule has 6 heteroatoms. The van der Waals surface area contributed by atoms with Gasteiger partial charge in [-0.3, -0.25) is 5.32 Å². The zero-order valence-corrected chi connectivity index (χ0v) is 8.68.